The predicted octanol–water partition coefficient (Wildman–Crippen LogP) is 2.36. The lowest BCUT2D eigenvalue weighted by molar-refractivity contribution is 0.469. The summed E-state index contributed by atoms with van der Waals surface area (Å²) in [5, 5.41) is 8.52. The minimum atomic E-state index is 0.670. The van der Waals surface area contributed by atoms with Gasteiger partial charge in [-0.05, 0) is 17.7 Å². The van der Waals surface area contributed by atoms with Gasteiger partial charge in [-0.1, -0.05) is 28.1 Å². The van der Waals surface area contributed by atoms with Gasteiger partial charge in [0.15, 0.2) is 6.19 Å². The SMILES string of the molecule is CN(C#N)Cc1ccc(Br)cc1. The van der Waals surface area contributed by atoms with Gasteiger partial charge >= 0.3 is 0 Å². The Morgan fingerprint density at radius 1 is 1.42 bits per heavy atom. The monoisotopic (exact) mass is 224 g/mol. The third-order valence-corrected chi connectivity index (χ3v) is 2.03. The maximum Gasteiger partial charge on any atom is 0.179 e. The third kappa shape index (κ3) is 2.55. The highest BCUT2D eigenvalue weighted by Gasteiger charge is 1.95. The number of nitriles is 1. The zero-order valence-corrected chi connectivity index (χ0v) is 8.37. The average Bonchev–Trinajstić information content (AvgIpc) is 2.09. The van der Waals surface area contributed by atoms with E-state index < -0.39 is 0 Å². The maximum atomic E-state index is 8.52. The average molecular weight is 225 g/mol. The molecule has 2 nitrogen and oxygen atoms in total. The fourth-order valence-corrected chi connectivity index (χ4v) is 1.16. The summed E-state index contributed by atoms with van der Waals surface area (Å²) in [6.07, 6.45) is 2.05. The van der Waals surface area contributed by atoms with E-state index in [1.165, 1.54) is 0 Å². The van der Waals surface area contributed by atoms with Crippen LogP contribution in [0.15, 0.2) is 28.7 Å². The van der Waals surface area contributed by atoms with Gasteiger partial charge in [0, 0.05) is 11.5 Å². The van der Waals surface area contributed by atoms with E-state index in [9.17, 15) is 0 Å². The van der Waals surface area contributed by atoms with Crippen molar-refractivity contribution in [3.8, 4) is 6.19 Å². The van der Waals surface area contributed by atoms with Crippen molar-refractivity contribution in [2.45, 2.75) is 6.54 Å². The molecule has 1 aromatic rings. The van der Waals surface area contributed by atoms with Gasteiger partial charge in [0.25, 0.3) is 0 Å². The van der Waals surface area contributed by atoms with Gasteiger partial charge in [-0.2, -0.15) is 5.26 Å². The van der Waals surface area contributed by atoms with Gasteiger partial charge in [0.1, 0.15) is 0 Å². The fraction of sp³-hybridized carbons (Fsp3) is 0.222. The summed E-state index contributed by atoms with van der Waals surface area (Å²) in [4.78, 5) is 1.59. The maximum absolute atomic E-state index is 8.52. The summed E-state index contributed by atoms with van der Waals surface area (Å²) in [5.74, 6) is 0. The summed E-state index contributed by atoms with van der Waals surface area (Å²) in [7, 11) is 1.77. The van der Waals surface area contributed by atoms with Crippen LogP contribution in [0.1, 0.15) is 5.56 Å². The molecule has 1 rings (SSSR count). The normalized spacial score (nSPS) is 9.08. The van der Waals surface area contributed by atoms with E-state index in [1.807, 2.05) is 30.5 Å². The van der Waals surface area contributed by atoms with E-state index in [4.69, 9.17) is 5.26 Å². The Bertz CT molecular complexity index is 286. The van der Waals surface area contributed by atoms with Crippen molar-refractivity contribution in [2.75, 3.05) is 7.05 Å². The smallest absolute Gasteiger partial charge is 0.179 e. The van der Waals surface area contributed by atoms with Gasteiger partial charge in [-0.15, -0.1) is 0 Å². The summed E-state index contributed by atoms with van der Waals surface area (Å²) >= 11 is 3.35. The molecule has 0 aliphatic rings. The van der Waals surface area contributed by atoms with Crippen molar-refractivity contribution in [2.24, 2.45) is 0 Å². The lowest BCUT2D eigenvalue weighted by Crippen LogP contribution is -2.09. The Kier molecular flexibility index (Phi) is 3.12. The highest BCUT2D eigenvalue weighted by Crippen LogP contribution is 2.11. The zero-order valence-electron chi connectivity index (χ0n) is 6.79. The quantitative estimate of drug-likeness (QED) is 0.570. The molecular weight excluding hydrogens is 216 g/mol. The van der Waals surface area contributed by atoms with E-state index in [1.54, 1.807) is 11.9 Å². The first kappa shape index (κ1) is 9.08. The minimum Gasteiger partial charge on any atom is -0.309 e. The van der Waals surface area contributed by atoms with Crippen LogP contribution >= 0.6 is 15.9 Å². The first-order chi connectivity index (χ1) is 5.72. The standard InChI is InChI=1S/C9H9BrN2/c1-12(7-11)6-8-2-4-9(10)5-3-8/h2-5H,6H2,1H3. The van der Waals surface area contributed by atoms with E-state index in [0.717, 1.165) is 10.0 Å². The first-order valence-electron chi connectivity index (χ1n) is 3.57. The molecular formula is C9H9BrN2. The molecule has 0 amide bonds. The molecule has 0 aliphatic carbocycles. The lowest BCUT2D eigenvalue weighted by atomic mass is 10.2. The fourth-order valence-electron chi connectivity index (χ4n) is 0.899. The Balaban J connectivity index is 2.66. The van der Waals surface area contributed by atoms with Crippen LogP contribution in [0.5, 0.6) is 0 Å². The summed E-state index contributed by atoms with van der Waals surface area (Å²) in [6, 6.07) is 7.94. The Hall–Kier alpha value is -1.01. The van der Waals surface area contributed by atoms with Crippen molar-refractivity contribution in [3.63, 3.8) is 0 Å². The van der Waals surface area contributed by atoms with Crippen molar-refractivity contribution < 1.29 is 0 Å². The number of rotatable bonds is 2. The van der Waals surface area contributed by atoms with Gasteiger partial charge in [0.05, 0.1) is 6.54 Å². The van der Waals surface area contributed by atoms with Crippen LogP contribution in [0.4, 0.5) is 0 Å². The Morgan fingerprint density at radius 2 is 2.00 bits per heavy atom. The molecule has 0 aromatic heterocycles. The molecule has 0 aliphatic heterocycles. The third-order valence-electron chi connectivity index (χ3n) is 1.50. The van der Waals surface area contributed by atoms with Gasteiger partial charge in [0.2, 0.25) is 0 Å². The van der Waals surface area contributed by atoms with Crippen molar-refractivity contribution in [1.29, 1.82) is 5.26 Å². The van der Waals surface area contributed by atoms with E-state index >= 15 is 0 Å². The number of nitrogens with zero attached hydrogens (tertiary/aromatic N) is 2. The second-order valence-electron chi connectivity index (χ2n) is 2.58. The molecule has 0 radical (unpaired) electrons. The van der Waals surface area contributed by atoms with Crippen LogP contribution in [-0.2, 0) is 6.54 Å². The minimum absolute atomic E-state index is 0.670. The highest BCUT2D eigenvalue weighted by molar-refractivity contribution is 9.10. The van der Waals surface area contributed by atoms with Gasteiger partial charge in [-0.25, -0.2) is 0 Å². The molecule has 12 heavy (non-hydrogen) atoms. The molecule has 0 atom stereocenters. The van der Waals surface area contributed by atoms with Crippen molar-refractivity contribution in [1.82, 2.24) is 4.90 Å². The lowest BCUT2D eigenvalue weighted by Gasteiger charge is -2.07. The summed E-state index contributed by atoms with van der Waals surface area (Å²) < 4.78 is 1.06. The molecule has 0 unspecified atom stereocenters. The van der Waals surface area contributed by atoms with E-state index in [-0.39, 0.29) is 0 Å². The number of benzene rings is 1. The Labute approximate surface area is 80.5 Å². The molecule has 1 aromatic carbocycles. The van der Waals surface area contributed by atoms with Gasteiger partial charge in [-0.3, -0.25) is 0 Å². The second-order valence-corrected chi connectivity index (χ2v) is 3.50. The number of halogens is 1. The molecule has 0 N–H and O–H groups in total. The molecule has 0 heterocycles. The molecule has 0 fully saturated rings. The number of hydrogen-bond donors (Lipinski definition) is 0. The largest absolute Gasteiger partial charge is 0.309 e. The summed E-state index contributed by atoms with van der Waals surface area (Å²) in [6.45, 7) is 0.670. The van der Waals surface area contributed by atoms with Crippen LogP contribution in [0.25, 0.3) is 0 Å². The van der Waals surface area contributed by atoms with Crippen LogP contribution in [0.2, 0.25) is 0 Å². The molecule has 0 saturated heterocycles. The molecule has 0 spiro atoms. The molecule has 62 valence electrons. The van der Waals surface area contributed by atoms with Crippen molar-refractivity contribution >= 4 is 15.9 Å². The van der Waals surface area contributed by atoms with E-state index in [0.29, 0.717) is 6.54 Å². The van der Waals surface area contributed by atoms with Crippen molar-refractivity contribution in [3.05, 3.63) is 34.3 Å². The van der Waals surface area contributed by atoms with E-state index in [2.05, 4.69) is 15.9 Å². The number of hydrogen-bond acceptors (Lipinski definition) is 2. The zero-order chi connectivity index (χ0) is 8.97. The topological polar surface area (TPSA) is 27.0 Å². The highest BCUT2D eigenvalue weighted by atomic mass is 79.9. The van der Waals surface area contributed by atoms with Gasteiger partial charge < -0.3 is 4.90 Å². The van der Waals surface area contributed by atoms with Crippen LogP contribution in [0, 0.1) is 11.5 Å². The first-order valence-corrected chi connectivity index (χ1v) is 4.37. The van der Waals surface area contributed by atoms with Crippen LogP contribution in [0.3, 0.4) is 0 Å². The summed E-state index contributed by atoms with van der Waals surface area (Å²) in [5.41, 5.74) is 1.14. The molecule has 0 saturated carbocycles. The predicted molar refractivity (Wildman–Crippen MR) is 51.2 cm³/mol. The van der Waals surface area contributed by atoms with Crippen LogP contribution < -0.4 is 0 Å². The molecule has 3 heteroatoms. The molecule has 0 bridgehead atoms. The van der Waals surface area contributed by atoms with Crippen LogP contribution in [-0.4, -0.2) is 11.9 Å². The Morgan fingerprint density at radius 3 is 2.50 bits per heavy atom. The second kappa shape index (κ2) is 4.13.